The average molecular weight is 453 g/mol. The molecule has 0 aliphatic heterocycles. The predicted molar refractivity (Wildman–Crippen MR) is 117 cm³/mol. The van der Waals surface area contributed by atoms with Crippen molar-refractivity contribution in [2.24, 2.45) is 0 Å². The molecule has 33 heavy (non-hydrogen) atoms. The van der Waals surface area contributed by atoms with Crippen molar-refractivity contribution in [3.63, 3.8) is 0 Å². The molecule has 1 aliphatic carbocycles. The molecule has 1 atom stereocenters. The first-order valence-electron chi connectivity index (χ1n) is 10.2. The number of nitrogen functional groups attached to an aromatic ring is 1. The van der Waals surface area contributed by atoms with Crippen molar-refractivity contribution >= 4 is 23.3 Å². The maximum atomic E-state index is 13.4. The SMILES string of the molecule is Cc1cc(NC(=O)[C@@H](O)c2cc(F)cc(F)c2)ccc1-c1cnc(N)c(C(=O)NC2CC2)n1. The van der Waals surface area contributed by atoms with E-state index in [2.05, 4.69) is 20.6 Å². The highest BCUT2D eigenvalue weighted by molar-refractivity contribution is 5.97. The van der Waals surface area contributed by atoms with Gasteiger partial charge in [-0.3, -0.25) is 9.59 Å². The Labute approximate surface area is 187 Å². The highest BCUT2D eigenvalue weighted by atomic mass is 19.1. The molecule has 1 aromatic heterocycles. The van der Waals surface area contributed by atoms with E-state index in [0.29, 0.717) is 28.6 Å². The Morgan fingerprint density at radius 3 is 2.48 bits per heavy atom. The van der Waals surface area contributed by atoms with Crippen molar-refractivity contribution in [3.8, 4) is 11.3 Å². The number of halogens is 2. The quantitative estimate of drug-likeness (QED) is 0.454. The highest BCUT2D eigenvalue weighted by Gasteiger charge is 2.26. The molecule has 3 aromatic rings. The number of carbonyl (C=O) groups excluding carboxylic acids is 2. The smallest absolute Gasteiger partial charge is 0.273 e. The minimum Gasteiger partial charge on any atom is -0.382 e. The second-order valence-electron chi connectivity index (χ2n) is 7.86. The van der Waals surface area contributed by atoms with Crippen LogP contribution in [0.25, 0.3) is 11.3 Å². The Kier molecular flexibility index (Phi) is 6.01. The lowest BCUT2D eigenvalue weighted by molar-refractivity contribution is -0.124. The summed E-state index contributed by atoms with van der Waals surface area (Å²) in [5.41, 5.74) is 7.81. The zero-order valence-electron chi connectivity index (χ0n) is 17.6. The molecule has 8 nitrogen and oxygen atoms in total. The first-order valence-corrected chi connectivity index (χ1v) is 10.2. The lowest BCUT2D eigenvalue weighted by atomic mass is 10.0. The van der Waals surface area contributed by atoms with Crippen molar-refractivity contribution in [2.75, 3.05) is 11.1 Å². The highest BCUT2D eigenvalue weighted by Crippen LogP contribution is 2.27. The number of aryl methyl sites for hydroxylation is 1. The molecule has 170 valence electrons. The van der Waals surface area contributed by atoms with E-state index in [1.165, 1.54) is 6.20 Å². The van der Waals surface area contributed by atoms with Gasteiger partial charge < -0.3 is 21.5 Å². The van der Waals surface area contributed by atoms with Crippen LogP contribution in [-0.2, 0) is 4.79 Å². The van der Waals surface area contributed by atoms with Gasteiger partial charge in [-0.05, 0) is 55.2 Å². The van der Waals surface area contributed by atoms with Crippen LogP contribution in [0.15, 0.2) is 42.6 Å². The third-order valence-corrected chi connectivity index (χ3v) is 5.15. The third-order valence-electron chi connectivity index (χ3n) is 5.15. The summed E-state index contributed by atoms with van der Waals surface area (Å²) in [5, 5.41) is 15.5. The second-order valence-corrected chi connectivity index (χ2v) is 7.86. The zero-order chi connectivity index (χ0) is 23.7. The van der Waals surface area contributed by atoms with Gasteiger partial charge in [-0.15, -0.1) is 0 Å². The normalized spacial score (nSPS) is 13.9. The van der Waals surface area contributed by atoms with Crippen LogP contribution in [0.1, 0.15) is 40.6 Å². The van der Waals surface area contributed by atoms with Crippen LogP contribution in [0, 0.1) is 18.6 Å². The van der Waals surface area contributed by atoms with Crippen LogP contribution in [-0.4, -0.2) is 32.9 Å². The minimum absolute atomic E-state index is 0.0289. The van der Waals surface area contributed by atoms with Gasteiger partial charge in [0.1, 0.15) is 11.6 Å². The summed E-state index contributed by atoms with van der Waals surface area (Å²) in [6.07, 6.45) is 1.54. The van der Waals surface area contributed by atoms with Gasteiger partial charge in [-0.25, -0.2) is 18.7 Å². The number of nitrogens with two attached hydrogens (primary N) is 1. The lowest BCUT2D eigenvalue weighted by Gasteiger charge is -2.14. The molecule has 2 aromatic carbocycles. The van der Waals surface area contributed by atoms with Crippen molar-refractivity contribution in [2.45, 2.75) is 31.9 Å². The van der Waals surface area contributed by atoms with Crippen LogP contribution in [0.5, 0.6) is 0 Å². The first-order chi connectivity index (χ1) is 15.7. The molecule has 2 amide bonds. The molecule has 1 fully saturated rings. The molecule has 0 spiro atoms. The summed E-state index contributed by atoms with van der Waals surface area (Å²) in [7, 11) is 0. The fourth-order valence-electron chi connectivity index (χ4n) is 3.30. The standard InChI is InChI=1S/C23H21F2N5O3/c1-11-6-16(29-23(33)20(31)12-7-13(24)9-14(25)8-12)4-5-17(11)18-10-27-21(26)19(30-18)22(32)28-15-2-3-15/h4-10,15,20,31H,2-3H2,1H3,(H2,26,27)(H,28,32)(H,29,33)/t20-/m0/s1. The van der Waals surface area contributed by atoms with Gasteiger partial charge in [-0.2, -0.15) is 0 Å². The van der Waals surface area contributed by atoms with Crippen molar-refractivity contribution in [1.29, 1.82) is 0 Å². The number of hydrogen-bond acceptors (Lipinski definition) is 6. The summed E-state index contributed by atoms with van der Waals surface area (Å²) in [5.74, 6) is -2.99. The van der Waals surface area contributed by atoms with Crippen LogP contribution < -0.4 is 16.4 Å². The molecule has 1 saturated carbocycles. The van der Waals surface area contributed by atoms with Crippen LogP contribution in [0.3, 0.4) is 0 Å². The summed E-state index contributed by atoms with van der Waals surface area (Å²) < 4.78 is 26.8. The van der Waals surface area contributed by atoms with Crippen LogP contribution >= 0.6 is 0 Å². The van der Waals surface area contributed by atoms with Crippen LogP contribution in [0.4, 0.5) is 20.3 Å². The summed E-state index contributed by atoms with van der Waals surface area (Å²) >= 11 is 0. The van der Waals surface area contributed by atoms with Crippen LogP contribution in [0.2, 0.25) is 0 Å². The number of amides is 2. The molecular weight excluding hydrogens is 432 g/mol. The third kappa shape index (κ3) is 5.12. The molecule has 0 bridgehead atoms. The molecule has 1 aliphatic rings. The van der Waals surface area contributed by atoms with Crippen molar-refractivity contribution < 1.29 is 23.5 Å². The van der Waals surface area contributed by atoms with E-state index >= 15 is 0 Å². The number of hydrogen-bond donors (Lipinski definition) is 4. The fraction of sp³-hybridized carbons (Fsp3) is 0.217. The number of aliphatic hydroxyl groups is 1. The van der Waals surface area contributed by atoms with E-state index in [1.54, 1.807) is 25.1 Å². The Hall–Kier alpha value is -3.92. The zero-order valence-corrected chi connectivity index (χ0v) is 17.6. The number of anilines is 2. The number of nitrogens with one attached hydrogen (secondary N) is 2. The van der Waals surface area contributed by atoms with E-state index in [1.807, 2.05) is 0 Å². The monoisotopic (exact) mass is 453 g/mol. The van der Waals surface area contributed by atoms with Crippen molar-refractivity contribution in [3.05, 3.63) is 71.1 Å². The minimum atomic E-state index is -1.76. The van der Waals surface area contributed by atoms with Gasteiger partial charge in [-0.1, -0.05) is 6.07 Å². The molecule has 4 rings (SSSR count). The first kappa shape index (κ1) is 22.3. The summed E-state index contributed by atoms with van der Waals surface area (Å²) in [6.45, 7) is 1.77. The lowest BCUT2D eigenvalue weighted by Crippen LogP contribution is -2.27. The van der Waals surface area contributed by atoms with Gasteiger partial charge in [0.25, 0.3) is 11.8 Å². The second kappa shape index (κ2) is 8.91. The predicted octanol–water partition coefficient (Wildman–Crippen LogP) is 2.88. The van der Waals surface area contributed by atoms with E-state index < -0.39 is 23.6 Å². The van der Waals surface area contributed by atoms with Gasteiger partial charge in [0.05, 0.1) is 11.9 Å². The average Bonchev–Trinajstić information content (AvgIpc) is 3.57. The fourth-order valence-corrected chi connectivity index (χ4v) is 3.30. The topological polar surface area (TPSA) is 130 Å². The molecule has 0 unspecified atom stereocenters. The molecule has 5 N–H and O–H groups in total. The van der Waals surface area contributed by atoms with E-state index in [9.17, 15) is 23.5 Å². The molecule has 10 heteroatoms. The number of aliphatic hydroxyl groups excluding tert-OH is 1. The van der Waals surface area contributed by atoms with Gasteiger partial charge >= 0.3 is 0 Å². The Morgan fingerprint density at radius 2 is 1.85 bits per heavy atom. The molecule has 0 saturated heterocycles. The van der Waals surface area contributed by atoms with E-state index in [4.69, 9.17) is 5.73 Å². The number of aromatic nitrogens is 2. The van der Waals surface area contributed by atoms with E-state index in [-0.39, 0.29) is 29.0 Å². The van der Waals surface area contributed by atoms with Crippen molar-refractivity contribution in [1.82, 2.24) is 15.3 Å². The number of rotatable bonds is 6. The summed E-state index contributed by atoms with van der Waals surface area (Å²) in [4.78, 5) is 33.2. The largest absolute Gasteiger partial charge is 0.382 e. The molecule has 0 radical (unpaired) electrons. The van der Waals surface area contributed by atoms with E-state index in [0.717, 1.165) is 25.0 Å². The Balaban J connectivity index is 1.52. The number of nitrogens with zero attached hydrogens (tertiary/aromatic N) is 2. The Bertz CT molecular complexity index is 1230. The molecule has 1 heterocycles. The maximum absolute atomic E-state index is 13.4. The van der Waals surface area contributed by atoms with Gasteiger partial charge in [0, 0.05) is 23.4 Å². The van der Waals surface area contributed by atoms with Gasteiger partial charge in [0.15, 0.2) is 17.6 Å². The number of benzene rings is 2. The maximum Gasteiger partial charge on any atom is 0.273 e. The number of carbonyl (C=O) groups is 2. The summed E-state index contributed by atoms with van der Waals surface area (Å²) in [6, 6.07) is 7.44. The van der Waals surface area contributed by atoms with Gasteiger partial charge in [0.2, 0.25) is 0 Å². The molecular formula is C23H21F2N5O3. The Morgan fingerprint density at radius 1 is 1.15 bits per heavy atom.